The number of alkyl halides is 3. The van der Waals surface area contributed by atoms with E-state index in [0.29, 0.717) is 31.8 Å². The fourth-order valence-corrected chi connectivity index (χ4v) is 2.79. The van der Waals surface area contributed by atoms with Crippen molar-refractivity contribution in [3.63, 3.8) is 0 Å². The van der Waals surface area contributed by atoms with Crippen LogP contribution in [0.15, 0.2) is 23.0 Å². The van der Waals surface area contributed by atoms with Gasteiger partial charge in [0.2, 0.25) is 0 Å². The van der Waals surface area contributed by atoms with Crippen molar-refractivity contribution in [2.75, 3.05) is 13.6 Å². The Hall–Kier alpha value is -2.32. The molecule has 0 saturated carbocycles. The summed E-state index contributed by atoms with van der Waals surface area (Å²) in [4.78, 5) is 17.3. The number of amides is 1. The van der Waals surface area contributed by atoms with Crippen molar-refractivity contribution in [2.45, 2.75) is 25.6 Å². The van der Waals surface area contributed by atoms with E-state index in [1.165, 1.54) is 21.8 Å². The molecular formula is C14H15F3N4O2. The van der Waals surface area contributed by atoms with Crippen LogP contribution >= 0.6 is 0 Å². The van der Waals surface area contributed by atoms with E-state index in [2.05, 4.69) is 14.7 Å². The van der Waals surface area contributed by atoms with E-state index in [1.54, 1.807) is 7.05 Å². The number of fused-ring (bicyclic) bond motifs is 1. The maximum atomic E-state index is 12.7. The first-order valence-corrected chi connectivity index (χ1v) is 7.13. The van der Waals surface area contributed by atoms with Crippen LogP contribution in [0.1, 0.15) is 28.4 Å². The fourth-order valence-electron chi connectivity index (χ4n) is 2.79. The van der Waals surface area contributed by atoms with Crippen LogP contribution in [0.25, 0.3) is 0 Å². The Labute approximate surface area is 129 Å². The molecule has 0 spiro atoms. The first-order chi connectivity index (χ1) is 10.8. The van der Waals surface area contributed by atoms with Crippen LogP contribution in [0.5, 0.6) is 0 Å². The summed E-state index contributed by atoms with van der Waals surface area (Å²) in [6.07, 6.45) is -0.921. The second kappa shape index (κ2) is 5.71. The van der Waals surface area contributed by atoms with E-state index in [4.69, 9.17) is 0 Å². The Morgan fingerprint density at radius 1 is 1.52 bits per heavy atom. The molecule has 2 aromatic heterocycles. The first-order valence-electron chi connectivity index (χ1n) is 7.13. The van der Waals surface area contributed by atoms with Crippen LogP contribution in [0.2, 0.25) is 0 Å². The summed E-state index contributed by atoms with van der Waals surface area (Å²) >= 11 is 0. The molecule has 1 amide bonds. The number of nitrogens with zero attached hydrogens (tertiary/aromatic N) is 4. The average Bonchev–Trinajstić information content (AvgIpc) is 3.14. The number of hydrogen-bond donors (Lipinski definition) is 0. The standard InChI is InChI=1S/C14H15F3N4O2/c1-20(13(22)10-4-5-23-19-10)6-9-2-3-12-18-11(14(15,16)17)8-21(12)7-9/h4-5,8-9H,2-3,6-7H2,1H3. The van der Waals surface area contributed by atoms with E-state index >= 15 is 0 Å². The molecule has 0 saturated heterocycles. The van der Waals surface area contributed by atoms with E-state index in [9.17, 15) is 18.0 Å². The monoisotopic (exact) mass is 328 g/mol. The highest BCUT2D eigenvalue weighted by atomic mass is 19.4. The molecule has 3 rings (SSSR count). The van der Waals surface area contributed by atoms with Gasteiger partial charge in [-0.1, -0.05) is 5.16 Å². The third kappa shape index (κ3) is 3.22. The number of aromatic nitrogens is 3. The summed E-state index contributed by atoms with van der Waals surface area (Å²) in [5.41, 5.74) is -0.647. The summed E-state index contributed by atoms with van der Waals surface area (Å²) < 4.78 is 44.3. The number of carbonyl (C=O) groups is 1. The number of aryl methyl sites for hydroxylation is 1. The van der Waals surface area contributed by atoms with Crippen LogP contribution in [-0.2, 0) is 19.1 Å². The largest absolute Gasteiger partial charge is 0.434 e. The summed E-state index contributed by atoms with van der Waals surface area (Å²) in [5, 5.41) is 3.59. The van der Waals surface area contributed by atoms with Crippen molar-refractivity contribution in [3.05, 3.63) is 35.7 Å². The van der Waals surface area contributed by atoms with Crippen LogP contribution in [-0.4, -0.2) is 39.1 Å². The van der Waals surface area contributed by atoms with Crippen LogP contribution < -0.4 is 0 Å². The van der Waals surface area contributed by atoms with Crippen molar-refractivity contribution < 1.29 is 22.5 Å². The quantitative estimate of drug-likeness (QED) is 0.867. The Morgan fingerprint density at radius 3 is 2.96 bits per heavy atom. The molecule has 0 radical (unpaired) electrons. The number of halogens is 3. The summed E-state index contributed by atoms with van der Waals surface area (Å²) in [6.45, 7) is 0.847. The Kier molecular flexibility index (Phi) is 3.87. The summed E-state index contributed by atoms with van der Waals surface area (Å²) in [5.74, 6) is 0.240. The lowest BCUT2D eigenvalue weighted by Gasteiger charge is -2.27. The molecule has 1 aliphatic rings. The molecule has 1 aliphatic heterocycles. The SMILES string of the molecule is CN(CC1CCc2nc(C(F)(F)F)cn2C1)C(=O)c1ccon1. The maximum absolute atomic E-state index is 12.7. The van der Waals surface area contributed by atoms with Gasteiger partial charge < -0.3 is 14.0 Å². The Bertz CT molecular complexity index is 693. The Morgan fingerprint density at radius 2 is 2.30 bits per heavy atom. The lowest BCUT2D eigenvalue weighted by atomic mass is 9.99. The number of hydrogen-bond acceptors (Lipinski definition) is 4. The third-order valence-electron chi connectivity index (χ3n) is 3.92. The van der Waals surface area contributed by atoms with Gasteiger partial charge in [-0.15, -0.1) is 0 Å². The van der Waals surface area contributed by atoms with Gasteiger partial charge in [0.25, 0.3) is 5.91 Å². The van der Waals surface area contributed by atoms with Crippen LogP contribution in [0.3, 0.4) is 0 Å². The van der Waals surface area contributed by atoms with Gasteiger partial charge in [0.05, 0.1) is 0 Å². The maximum Gasteiger partial charge on any atom is 0.434 e. The molecule has 0 aliphatic carbocycles. The van der Waals surface area contributed by atoms with Gasteiger partial charge in [-0.25, -0.2) is 4.98 Å². The van der Waals surface area contributed by atoms with Crippen molar-refractivity contribution in [2.24, 2.45) is 5.92 Å². The second-order valence-electron chi connectivity index (χ2n) is 5.67. The second-order valence-corrected chi connectivity index (χ2v) is 5.67. The summed E-state index contributed by atoms with van der Waals surface area (Å²) in [7, 11) is 1.64. The van der Waals surface area contributed by atoms with Gasteiger partial charge in [-0.3, -0.25) is 4.79 Å². The lowest BCUT2D eigenvalue weighted by molar-refractivity contribution is -0.141. The molecule has 0 fully saturated rings. The average molecular weight is 328 g/mol. The number of imidazole rings is 1. The molecule has 0 N–H and O–H groups in total. The molecule has 0 aromatic carbocycles. The highest BCUT2D eigenvalue weighted by Gasteiger charge is 2.36. The minimum atomic E-state index is -4.43. The van der Waals surface area contributed by atoms with Crippen molar-refractivity contribution in [3.8, 4) is 0 Å². The zero-order chi connectivity index (χ0) is 16.6. The first kappa shape index (κ1) is 15.6. The van der Waals surface area contributed by atoms with Gasteiger partial charge in [0, 0.05) is 38.8 Å². The number of carbonyl (C=O) groups excluding carboxylic acids is 1. The lowest BCUT2D eigenvalue weighted by Crippen LogP contribution is -2.35. The van der Waals surface area contributed by atoms with E-state index in [0.717, 1.165) is 6.20 Å². The highest BCUT2D eigenvalue weighted by molar-refractivity contribution is 5.91. The van der Waals surface area contributed by atoms with Crippen LogP contribution in [0.4, 0.5) is 13.2 Å². The molecule has 3 heterocycles. The molecule has 2 aromatic rings. The van der Waals surface area contributed by atoms with E-state index < -0.39 is 11.9 Å². The zero-order valence-electron chi connectivity index (χ0n) is 12.4. The molecule has 1 unspecified atom stereocenters. The molecule has 0 bridgehead atoms. The molecule has 124 valence electrons. The van der Waals surface area contributed by atoms with Gasteiger partial charge in [0.15, 0.2) is 11.4 Å². The van der Waals surface area contributed by atoms with Crippen LogP contribution in [0, 0.1) is 5.92 Å². The van der Waals surface area contributed by atoms with Gasteiger partial charge in [-0.05, 0) is 12.3 Å². The van der Waals surface area contributed by atoms with E-state index in [-0.39, 0.29) is 17.5 Å². The molecule has 23 heavy (non-hydrogen) atoms. The van der Waals surface area contributed by atoms with Crippen molar-refractivity contribution in [1.29, 1.82) is 0 Å². The van der Waals surface area contributed by atoms with Crippen molar-refractivity contribution in [1.82, 2.24) is 19.6 Å². The predicted molar refractivity (Wildman–Crippen MR) is 72.5 cm³/mol. The fraction of sp³-hybridized carbons (Fsp3) is 0.500. The molecule has 6 nitrogen and oxygen atoms in total. The third-order valence-corrected chi connectivity index (χ3v) is 3.92. The number of rotatable bonds is 3. The minimum Gasteiger partial charge on any atom is -0.364 e. The highest BCUT2D eigenvalue weighted by Crippen LogP contribution is 2.30. The predicted octanol–water partition coefficient (Wildman–Crippen LogP) is 2.22. The zero-order valence-corrected chi connectivity index (χ0v) is 12.4. The normalized spacial score (nSPS) is 17.8. The Balaban J connectivity index is 1.65. The van der Waals surface area contributed by atoms with Crippen molar-refractivity contribution >= 4 is 5.91 Å². The topological polar surface area (TPSA) is 64.2 Å². The molecule has 1 atom stereocenters. The van der Waals surface area contributed by atoms with E-state index in [1.807, 2.05) is 0 Å². The summed E-state index contributed by atoms with van der Waals surface area (Å²) in [6, 6.07) is 1.48. The molecular weight excluding hydrogens is 313 g/mol. The van der Waals surface area contributed by atoms with Gasteiger partial charge >= 0.3 is 6.18 Å². The molecule has 9 heteroatoms. The van der Waals surface area contributed by atoms with Gasteiger partial charge in [0.1, 0.15) is 12.1 Å². The smallest absolute Gasteiger partial charge is 0.364 e. The van der Waals surface area contributed by atoms with Gasteiger partial charge in [-0.2, -0.15) is 13.2 Å². The minimum absolute atomic E-state index is 0.0682.